The minimum Gasteiger partial charge on any atom is -0.508 e. The van der Waals surface area contributed by atoms with Crippen LogP contribution in [0, 0.1) is 11.6 Å². The van der Waals surface area contributed by atoms with Crippen molar-refractivity contribution < 1.29 is 23.4 Å². The van der Waals surface area contributed by atoms with Crippen molar-refractivity contribution >= 4 is 8.07 Å². The molecule has 0 atom stereocenters. The lowest BCUT2D eigenvalue weighted by atomic mass is 10.1. The summed E-state index contributed by atoms with van der Waals surface area (Å²) in [5.74, 6) is -0.798. The average molecular weight is 434 g/mol. The largest absolute Gasteiger partial charge is 0.508 e. The third-order valence-corrected chi connectivity index (χ3v) is 6.08. The first kappa shape index (κ1) is 21.9. The van der Waals surface area contributed by atoms with Crippen LogP contribution in [0.5, 0.6) is 11.5 Å². The molecule has 0 aliphatic rings. The molecule has 1 aromatic heterocycles. The lowest BCUT2D eigenvalue weighted by Crippen LogP contribution is -2.22. The number of phenolic OH excluding ortho intramolecular Hbond substituents is 1. The Morgan fingerprint density at radius 3 is 2.37 bits per heavy atom. The topological polar surface area (TPSA) is 69.4 Å². The number of hydrogen-bond donors (Lipinski definition) is 1. The van der Waals surface area contributed by atoms with Gasteiger partial charge in [-0.2, -0.15) is 0 Å². The number of nitrogens with zero attached hydrogens (tertiary/aromatic N) is 3. The maximum atomic E-state index is 14.5. The van der Waals surface area contributed by atoms with Crippen molar-refractivity contribution in [2.75, 3.05) is 6.61 Å². The number of rotatable bonds is 9. The fourth-order valence-electron chi connectivity index (χ4n) is 2.59. The monoisotopic (exact) mass is 433 g/mol. The van der Waals surface area contributed by atoms with E-state index in [-0.39, 0.29) is 36.0 Å². The first-order chi connectivity index (χ1) is 14.2. The van der Waals surface area contributed by atoms with E-state index in [0.29, 0.717) is 12.4 Å². The van der Waals surface area contributed by atoms with Gasteiger partial charge in [0.1, 0.15) is 42.8 Å². The van der Waals surface area contributed by atoms with Gasteiger partial charge in [-0.25, -0.2) is 18.4 Å². The highest BCUT2D eigenvalue weighted by Crippen LogP contribution is 2.24. The smallest absolute Gasteiger partial charge is 0.181 e. The predicted octanol–water partition coefficient (Wildman–Crippen LogP) is 4.82. The Hall–Kier alpha value is -2.78. The maximum absolute atomic E-state index is 14.5. The van der Waals surface area contributed by atoms with Crippen LogP contribution in [0.3, 0.4) is 0 Å². The van der Waals surface area contributed by atoms with Crippen molar-refractivity contribution in [2.24, 2.45) is 0 Å². The van der Waals surface area contributed by atoms with Crippen molar-refractivity contribution in [3.05, 3.63) is 59.9 Å². The van der Waals surface area contributed by atoms with Gasteiger partial charge in [-0.15, -0.1) is 5.10 Å². The second kappa shape index (κ2) is 9.35. The van der Waals surface area contributed by atoms with Gasteiger partial charge >= 0.3 is 0 Å². The summed E-state index contributed by atoms with van der Waals surface area (Å²) >= 11 is 0. The fourth-order valence-corrected chi connectivity index (χ4v) is 3.35. The van der Waals surface area contributed by atoms with Crippen LogP contribution in [0.25, 0.3) is 11.4 Å². The number of halogens is 2. The summed E-state index contributed by atoms with van der Waals surface area (Å²) in [6, 6.07) is 9.31. The van der Waals surface area contributed by atoms with E-state index < -0.39 is 19.7 Å². The predicted molar refractivity (Wildman–Crippen MR) is 112 cm³/mol. The third kappa shape index (κ3) is 6.11. The van der Waals surface area contributed by atoms with Crippen molar-refractivity contribution in [3.63, 3.8) is 0 Å². The molecule has 3 aromatic rings. The van der Waals surface area contributed by atoms with E-state index >= 15 is 0 Å². The fraction of sp³-hybridized carbons (Fsp3) is 0.333. The van der Waals surface area contributed by atoms with Crippen LogP contribution in [-0.2, 0) is 18.1 Å². The Morgan fingerprint density at radius 2 is 1.73 bits per heavy atom. The van der Waals surface area contributed by atoms with Gasteiger partial charge in [0.25, 0.3) is 0 Å². The molecule has 30 heavy (non-hydrogen) atoms. The van der Waals surface area contributed by atoms with Crippen molar-refractivity contribution in [1.82, 2.24) is 14.8 Å². The van der Waals surface area contributed by atoms with Crippen LogP contribution in [0.1, 0.15) is 5.56 Å². The molecule has 3 rings (SSSR count). The van der Waals surface area contributed by atoms with Crippen LogP contribution in [-0.4, -0.2) is 34.6 Å². The molecule has 9 heteroatoms. The van der Waals surface area contributed by atoms with Gasteiger partial charge in [0.2, 0.25) is 0 Å². The SMILES string of the molecule is C[Si](C)(C)CCOCn1cnc(-c2cc(F)c(COc3ccc(O)cc3)c(F)c2)n1. The van der Waals surface area contributed by atoms with Crippen LogP contribution in [0.4, 0.5) is 8.78 Å². The van der Waals surface area contributed by atoms with Gasteiger partial charge in [-0.1, -0.05) is 19.6 Å². The zero-order chi connectivity index (χ0) is 21.7. The minimum absolute atomic E-state index is 0.0810. The lowest BCUT2D eigenvalue weighted by Gasteiger charge is -2.15. The molecule has 0 bridgehead atoms. The standard InChI is InChI=1S/C21H25F2N3O3Si/c1-30(2,3)9-8-28-14-26-13-24-21(25-26)15-10-19(22)18(20(23)11-15)12-29-17-6-4-16(27)5-7-17/h4-7,10-11,13,27H,8-9,12,14H2,1-3H3. The van der Waals surface area contributed by atoms with Gasteiger partial charge < -0.3 is 14.6 Å². The summed E-state index contributed by atoms with van der Waals surface area (Å²) in [6.45, 7) is 7.41. The van der Waals surface area contributed by atoms with E-state index in [0.717, 1.165) is 6.04 Å². The minimum atomic E-state index is -1.17. The second-order valence-corrected chi connectivity index (χ2v) is 13.8. The summed E-state index contributed by atoms with van der Waals surface area (Å²) in [4.78, 5) is 4.12. The zero-order valence-corrected chi connectivity index (χ0v) is 18.2. The second-order valence-electron chi connectivity index (χ2n) is 8.16. The van der Waals surface area contributed by atoms with Crippen LogP contribution < -0.4 is 4.74 Å². The Balaban J connectivity index is 1.63. The van der Waals surface area contributed by atoms with E-state index in [4.69, 9.17) is 9.47 Å². The van der Waals surface area contributed by atoms with Crippen LogP contribution in [0.2, 0.25) is 25.7 Å². The quantitative estimate of drug-likeness (QED) is 0.387. The molecule has 0 radical (unpaired) electrons. The summed E-state index contributed by atoms with van der Waals surface area (Å²) in [7, 11) is -1.17. The number of ether oxygens (including phenoxy) is 2. The first-order valence-corrected chi connectivity index (χ1v) is 13.3. The van der Waals surface area contributed by atoms with Crippen LogP contribution >= 0.6 is 0 Å². The molecule has 0 saturated heterocycles. The molecule has 6 nitrogen and oxygen atoms in total. The molecule has 0 aliphatic heterocycles. The van der Waals surface area contributed by atoms with E-state index in [2.05, 4.69) is 29.7 Å². The van der Waals surface area contributed by atoms with E-state index in [1.807, 2.05) is 0 Å². The molecule has 160 valence electrons. The molecular weight excluding hydrogens is 408 g/mol. The van der Waals surface area contributed by atoms with Gasteiger partial charge in [0.05, 0.1) is 5.56 Å². The summed E-state index contributed by atoms with van der Waals surface area (Å²) in [5, 5.41) is 13.5. The molecule has 0 saturated carbocycles. The van der Waals surface area contributed by atoms with E-state index in [1.165, 1.54) is 47.4 Å². The maximum Gasteiger partial charge on any atom is 0.181 e. The van der Waals surface area contributed by atoms with Gasteiger partial charge in [0, 0.05) is 20.2 Å². The van der Waals surface area contributed by atoms with Gasteiger partial charge in [-0.3, -0.25) is 0 Å². The van der Waals surface area contributed by atoms with E-state index in [9.17, 15) is 13.9 Å². The Labute approximate surface area is 175 Å². The highest BCUT2D eigenvalue weighted by molar-refractivity contribution is 6.76. The molecular formula is C21H25F2N3O3Si. The third-order valence-electron chi connectivity index (χ3n) is 4.38. The molecule has 0 aliphatic carbocycles. The number of hydrogen-bond acceptors (Lipinski definition) is 5. The number of aromatic nitrogens is 3. The lowest BCUT2D eigenvalue weighted by molar-refractivity contribution is 0.0785. The van der Waals surface area contributed by atoms with Crippen molar-refractivity contribution in [2.45, 2.75) is 39.0 Å². The number of phenols is 1. The Kier molecular flexibility index (Phi) is 6.83. The molecule has 2 aromatic carbocycles. The van der Waals surface area contributed by atoms with Gasteiger partial charge in [0.15, 0.2) is 5.82 Å². The summed E-state index contributed by atoms with van der Waals surface area (Å²) < 4.78 is 41.5. The molecule has 1 N–H and O–H groups in total. The molecule has 0 fully saturated rings. The van der Waals surface area contributed by atoms with Gasteiger partial charge in [-0.05, 0) is 42.4 Å². The number of aromatic hydroxyl groups is 1. The summed E-state index contributed by atoms with van der Waals surface area (Å²) in [5.41, 5.74) is 0.0418. The summed E-state index contributed by atoms with van der Waals surface area (Å²) in [6.07, 6.45) is 1.47. The van der Waals surface area contributed by atoms with Crippen molar-refractivity contribution in [1.29, 1.82) is 0 Å². The molecule has 0 spiro atoms. The Bertz CT molecular complexity index is 965. The Morgan fingerprint density at radius 1 is 1.07 bits per heavy atom. The van der Waals surface area contributed by atoms with Crippen molar-refractivity contribution in [3.8, 4) is 22.9 Å². The molecule has 0 amide bonds. The highest BCUT2D eigenvalue weighted by Gasteiger charge is 2.16. The number of benzene rings is 2. The average Bonchev–Trinajstić information content (AvgIpc) is 3.14. The highest BCUT2D eigenvalue weighted by atomic mass is 28.3. The molecule has 1 heterocycles. The first-order valence-electron chi connectivity index (χ1n) is 9.58. The normalized spacial score (nSPS) is 11.6. The molecule has 0 unspecified atom stereocenters. The zero-order valence-electron chi connectivity index (χ0n) is 17.2. The van der Waals surface area contributed by atoms with E-state index in [1.54, 1.807) is 0 Å². The van der Waals surface area contributed by atoms with Crippen LogP contribution in [0.15, 0.2) is 42.7 Å².